The second-order valence-electron chi connectivity index (χ2n) is 10.6. The first kappa shape index (κ1) is 25.1. The Bertz CT molecular complexity index is 1390. The van der Waals surface area contributed by atoms with E-state index in [1.54, 1.807) is 6.92 Å². The number of hydrogen-bond donors (Lipinski definition) is 2. The topological polar surface area (TPSA) is 104 Å². The number of nitrogens with one attached hydrogen (secondary N) is 1. The van der Waals surface area contributed by atoms with Crippen molar-refractivity contribution in [2.24, 2.45) is 5.41 Å². The number of aliphatic hydroxyl groups is 1. The van der Waals surface area contributed by atoms with Gasteiger partial charge in [0.2, 0.25) is 10.0 Å². The highest BCUT2D eigenvalue weighted by molar-refractivity contribution is 7.89. The first-order chi connectivity index (χ1) is 17.0. The first-order valence-corrected chi connectivity index (χ1v) is 13.7. The van der Waals surface area contributed by atoms with E-state index in [0.29, 0.717) is 19.3 Å². The lowest BCUT2D eigenvalue weighted by molar-refractivity contribution is 0.0253. The van der Waals surface area contributed by atoms with E-state index in [1.807, 2.05) is 31.2 Å². The highest BCUT2D eigenvalue weighted by Crippen LogP contribution is 2.50. The van der Waals surface area contributed by atoms with Gasteiger partial charge in [-0.25, -0.2) is 22.0 Å². The monoisotopic (exact) mass is 520 g/mol. The molecular weight excluding hydrogens is 490 g/mol. The standard InChI is InChI=1S/C26H30F2N2O5S/c1-16-6-7-23(25(2)8-4-3-5-9-25)36(33,34)30(16)15-17-10-21(28)19(11-20(17)27)26(12-18(31)13-26)22-14-29-24(32)35-22/h3-5,8,10-11,14,16,18,23,31H,6-7,9,12-13,15H2,1-2H3,(H,29,32)/t16-,18?,23+,25?,26?/m0/s1. The number of aromatic amines is 1. The predicted octanol–water partition coefficient (Wildman–Crippen LogP) is 3.89. The van der Waals surface area contributed by atoms with Crippen molar-refractivity contribution >= 4 is 10.0 Å². The third-order valence-electron chi connectivity index (χ3n) is 8.18. The molecule has 0 radical (unpaired) electrons. The fraction of sp³-hybridized carbons (Fsp3) is 0.500. The number of oxazole rings is 1. The second-order valence-corrected chi connectivity index (χ2v) is 12.7. The van der Waals surface area contributed by atoms with E-state index >= 15 is 8.78 Å². The van der Waals surface area contributed by atoms with E-state index in [1.165, 1.54) is 10.5 Å². The Morgan fingerprint density at radius 2 is 1.94 bits per heavy atom. The van der Waals surface area contributed by atoms with Crippen LogP contribution in [-0.4, -0.2) is 40.2 Å². The average molecular weight is 521 g/mol. The van der Waals surface area contributed by atoms with Crippen LogP contribution in [0, 0.1) is 17.0 Å². The number of H-pyrrole nitrogens is 1. The number of sulfonamides is 1. The Hall–Kier alpha value is -2.56. The molecule has 0 bridgehead atoms. The van der Waals surface area contributed by atoms with E-state index in [0.717, 1.165) is 12.1 Å². The lowest BCUT2D eigenvalue weighted by Gasteiger charge is -2.45. The first-order valence-electron chi connectivity index (χ1n) is 12.2. The third kappa shape index (κ3) is 3.99. The molecule has 3 aliphatic rings. The predicted molar refractivity (Wildman–Crippen MR) is 130 cm³/mol. The molecule has 1 unspecified atom stereocenters. The summed E-state index contributed by atoms with van der Waals surface area (Å²) in [5.41, 5.74) is -1.84. The molecule has 1 saturated heterocycles. The van der Waals surface area contributed by atoms with Gasteiger partial charge in [-0.3, -0.25) is 4.98 Å². The molecule has 0 spiro atoms. The lowest BCUT2D eigenvalue weighted by atomic mass is 9.61. The van der Waals surface area contributed by atoms with Crippen molar-refractivity contribution in [1.29, 1.82) is 0 Å². The minimum Gasteiger partial charge on any atom is -0.412 e. The van der Waals surface area contributed by atoms with Crippen molar-refractivity contribution in [3.8, 4) is 0 Å². The maximum absolute atomic E-state index is 15.5. The van der Waals surface area contributed by atoms with Gasteiger partial charge in [0.1, 0.15) is 17.4 Å². The smallest absolute Gasteiger partial charge is 0.412 e. The zero-order valence-electron chi connectivity index (χ0n) is 20.2. The molecule has 2 aromatic rings. The fourth-order valence-corrected chi connectivity index (χ4v) is 8.60. The summed E-state index contributed by atoms with van der Waals surface area (Å²) in [6, 6.07) is 1.71. The van der Waals surface area contributed by atoms with Crippen molar-refractivity contribution in [2.45, 2.75) is 75.3 Å². The Kier molecular flexibility index (Phi) is 6.12. The molecule has 3 atom stereocenters. The summed E-state index contributed by atoms with van der Waals surface area (Å²) in [7, 11) is -3.81. The van der Waals surface area contributed by atoms with Crippen LogP contribution in [0.5, 0.6) is 0 Å². The molecule has 0 amide bonds. The van der Waals surface area contributed by atoms with E-state index < -0.39 is 49.6 Å². The summed E-state index contributed by atoms with van der Waals surface area (Å²) in [6.45, 7) is 3.42. The quantitative estimate of drug-likeness (QED) is 0.623. The number of hydrogen-bond acceptors (Lipinski definition) is 5. The van der Waals surface area contributed by atoms with Gasteiger partial charge in [-0.1, -0.05) is 31.2 Å². The molecule has 2 N–H and O–H groups in total. The van der Waals surface area contributed by atoms with Gasteiger partial charge in [0.15, 0.2) is 0 Å². The van der Waals surface area contributed by atoms with Gasteiger partial charge in [0.25, 0.3) is 0 Å². The van der Waals surface area contributed by atoms with Crippen molar-refractivity contribution in [3.63, 3.8) is 0 Å². The Labute approximate surface area is 208 Å². The zero-order valence-corrected chi connectivity index (χ0v) is 21.0. The van der Waals surface area contributed by atoms with Crippen LogP contribution in [0.15, 0.2) is 51.8 Å². The number of aliphatic hydroxyl groups excluding tert-OH is 1. The molecule has 5 rings (SSSR count). The lowest BCUT2D eigenvalue weighted by Crippen LogP contribution is -2.53. The number of nitrogens with zero attached hydrogens (tertiary/aromatic N) is 1. The summed E-state index contributed by atoms with van der Waals surface area (Å²) in [5.74, 6) is -2.09. The molecule has 1 saturated carbocycles. The summed E-state index contributed by atoms with van der Waals surface area (Å²) in [6.07, 6.45) is 10.0. The highest BCUT2D eigenvalue weighted by Gasteiger charge is 2.51. The Morgan fingerprint density at radius 3 is 2.56 bits per heavy atom. The summed E-state index contributed by atoms with van der Waals surface area (Å²) in [4.78, 5) is 13.9. The van der Waals surface area contributed by atoms with Crippen LogP contribution in [-0.2, 0) is 22.0 Å². The van der Waals surface area contributed by atoms with Crippen molar-refractivity contribution in [1.82, 2.24) is 9.29 Å². The van der Waals surface area contributed by atoms with E-state index in [-0.39, 0.29) is 42.3 Å². The number of halogens is 2. The molecule has 1 aromatic carbocycles. The van der Waals surface area contributed by atoms with Gasteiger partial charge in [-0.2, -0.15) is 4.31 Å². The average Bonchev–Trinajstić information content (AvgIpc) is 3.23. The fourth-order valence-electron chi connectivity index (χ4n) is 6.06. The number of rotatable bonds is 5. The van der Waals surface area contributed by atoms with Crippen molar-refractivity contribution < 1.29 is 26.7 Å². The molecule has 7 nitrogen and oxygen atoms in total. The van der Waals surface area contributed by atoms with Crippen molar-refractivity contribution in [3.05, 3.63) is 81.7 Å². The van der Waals surface area contributed by atoms with E-state index in [4.69, 9.17) is 4.42 Å². The van der Waals surface area contributed by atoms with Crippen LogP contribution in [0.1, 0.15) is 62.8 Å². The highest BCUT2D eigenvalue weighted by atomic mass is 32.2. The van der Waals surface area contributed by atoms with Crippen LogP contribution in [0.4, 0.5) is 8.78 Å². The van der Waals surface area contributed by atoms with E-state index in [9.17, 15) is 18.3 Å². The van der Waals surface area contributed by atoms with Crippen LogP contribution in [0.2, 0.25) is 0 Å². The molecule has 1 aliphatic heterocycles. The molecule has 194 valence electrons. The van der Waals surface area contributed by atoms with Crippen LogP contribution >= 0.6 is 0 Å². The van der Waals surface area contributed by atoms with Crippen molar-refractivity contribution in [2.75, 3.05) is 0 Å². The minimum atomic E-state index is -3.81. The maximum atomic E-state index is 15.5. The van der Waals surface area contributed by atoms with E-state index in [2.05, 4.69) is 4.98 Å². The molecular formula is C26H30F2N2O5S. The number of benzene rings is 1. The maximum Gasteiger partial charge on any atom is 0.416 e. The molecule has 2 fully saturated rings. The van der Waals surface area contributed by atoms with Gasteiger partial charge >= 0.3 is 5.76 Å². The molecule has 1 aromatic heterocycles. The molecule has 2 heterocycles. The molecule has 10 heteroatoms. The summed E-state index contributed by atoms with van der Waals surface area (Å²) >= 11 is 0. The van der Waals surface area contributed by atoms with Crippen LogP contribution < -0.4 is 5.76 Å². The molecule has 2 aliphatic carbocycles. The molecule has 36 heavy (non-hydrogen) atoms. The summed E-state index contributed by atoms with van der Waals surface area (Å²) in [5, 5.41) is 9.29. The third-order valence-corrected chi connectivity index (χ3v) is 10.8. The number of aromatic nitrogens is 1. The van der Waals surface area contributed by atoms with Crippen LogP contribution in [0.25, 0.3) is 0 Å². The number of allylic oxidation sites excluding steroid dienone is 4. The van der Waals surface area contributed by atoms with Gasteiger partial charge < -0.3 is 9.52 Å². The second kappa shape index (κ2) is 8.78. The van der Waals surface area contributed by atoms with Gasteiger partial charge in [0.05, 0.1) is 16.8 Å². The zero-order chi connectivity index (χ0) is 25.9. The minimum absolute atomic E-state index is 0.0316. The Balaban J connectivity index is 1.48. The normalized spacial score (nSPS) is 34.0. The Morgan fingerprint density at radius 1 is 1.19 bits per heavy atom. The van der Waals surface area contributed by atoms with Gasteiger partial charge in [0, 0.05) is 35.3 Å². The van der Waals surface area contributed by atoms with Gasteiger partial charge in [-0.15, -0.1) is 0 Å². The van der Waals surface area contributed by atoms with Crippen LogP contribution in [0.3, 0.4) is 0 Å². The van der Waals surface area contributed by atoms with Gasteiger partial charge in [-0.05, 0) is 51.2 Å². The SMILES string of the molecule is C[C@H]1CC[C@H](C2(C)C=CC=CC2)S(=O)(=O)N1Cc1cc(F)c(C2(c3c[nH]c(=O)o3)CC(O)C2)cc1F. The largest absolute Gasteiger partial charge is 0.416 e. The summed E-state index contributed by atoms with van der Waals surface area (Å²) < 4.78 is 64.8.